The number of urea groups is 1. The number of likely N-dealkylation sites (tertiary alicyclic amines) is 1. The summed E-state index contributed by atoms with van der Waals surface area (Å²) in [4.78, 5) is 25.2. The summed E-state index contributed by atoms with van der Waals surface area (Å²) >= 11 is 1.91. The molecule has 0 bridgehead atoms. The van der Waals surface area contributed by atoms with Gasteiger partial charge in [0, 0.05) is 12.6 Å². The Bertz CT molecular complexity index is 358. The van der Waals surface area contributed by atoms with E-state index in [1.54, 1.807) is 0 Å². The number of carboxylic acids is 1. The molecule has 2 rings (SSSR count). The SMILES string of the molecule is CCC1CCN(C(=O)NC2CCSCC2)C(C(=O)O)C1. The van der Waals surface area contributed by atoms with E-state index in [0.29, 0.717) is 18.9 Å². The van der Waals surface area contributed by atoms with Gasteiger partial charge in [0.25, 0.3) is 0 Å². The van der Waals surface area contributed by atoms with Gasteiger partial charge in [0.05, 0.1) is 0 Å². The van der Waals surface area contributed by atoms with Crippen molar-refractivity contribution in [3.8, 4) is 0 Å². The highest BCUT2D eigenvalue weighted by molar-refractivity contribution is 7.99. The van der Waals surface area contributed by atoms with Crippen molar-refractivity contribution in [2.45, 2.75) is 51.1 Å². The first kappa shape index (κ1) is 15.5. The van der Waals surface area contributed by atoms with Gasteiger partial charge in [-0.2, -0.15) is 11.8 Å². The predicted octanol–water partition coefficient (Wildman–Crippen LogP) is 2.17. The Morgan fingerprint density at radius 3 is 2.60 bits per heavy atom. The third-order valence-corrected chi connectivity index (χ3v) is 5.43. The molecule has 2 atom stereocenters. The average Bonchev–Trinajstić information content (AvgIpc) is 2.47. The normalized spacial score (nSPS) is 28.1. The molecule has 114 valence electrons. The monoisotopic (exact) mass is 300 g/mol. The van der Waals surface area contributed by atoms with Crippen molar-refractivity contribution in [2.24, 2.45) is 5.92 Å². The van der Waals surface area contributed by atoms with Crippen molar-refractivity contribution in [1.29, 1.82) is 0 Å². The van der Waals surface area contributed by atoms with Crippen LogP contribution in [0.1, 0.15) is 39.0 Å². The van der Waals surface area contributed by atoms with Crippen molar-refractivity contribution >= 4 is 23.8 Å². The van der Waals surface area contributed by atoms with Gasteiger partial charge in [0.1, 0.15) is 6.04 Å². The fourth-order valence-electron chi connectivity index (χ4n) is 2.99. The second kappa shape index (κ2) is 7.20. The molecule has 2 fully saturated rings. The lowest BCUT2D eigenvalue weighted by Crippen LogP contribution is -2.55. The zero-order chi connectivity index (χ0) is 14.5. The molecule has 20 heavy (non-hydrogen) atoms. The van der Waals surface area contributed by atoms with Crippen molar-refractivity contribution in [1.82, 2.24) is 10.2 Å². The minimum Gasteiger partial charge on any atom is -0.480 e. The number of aliphatic carboxylic acids is 1. The molecule has 2 N–H and O–H groups in total. The van der Waals surface area contributed by atoms with E-state index in [2.05, 4.69) is 12.2 Å². The summed E-state index contributed by atoms with van der Waals surface area (Å²) in [5, 5.41) is 12.4. The molecule has 2 unspecified atom stereocenters. The number of amides is 2. The molecule has 0 radical (unpaired) electrons. The van der Waals surface area contributed by atoms with Crippen LogP contribution in [0, 0.1) is 5.92 Å². The van der Waals surface area contributed by atoms with Crippen LogP contribution in [0.25, 0.3) is 0 Å². The van der Waals surface area contributed by atoms with Crippen LogP contribution in [0.2, 0.25) is 0 Å². The standard InChI is InChI=1S/C14H24N2O3S/c1-2-10-3-6-16(12(9-10)13(17)18)14(19)15-11-4-7-20-8-5-11/h10-12H,2-9H2,1H3,(H,15,19)(H,17,18). The van der Waals surface area contributed by atoms with E-state index >= 15 is 0 Å². The second-order valence-electron chi connectivity index (χ2n) is 5.68. The summed E-state index contributed by atoms with van der Waals surface area (Å²) in [5.41, 5.74) is 0. The average molecular weight is 300 g/mol. The fourth-order valence-corrected chi connectivity index (χ4v) is 4.09. The smallest absolute Gasteiger partial charge is 0.326 e. The Hall–Kier alpha value is -0.910. The van der Waals surface area contributed by atoms with Crippen LogP contribution >= 0.6 is 11.8 Å². The molecular formula is C14H24N2O3S. The summed E-state index contributed by atoms with van der Waals surface area (Å²) in [6, 6.07) is -0.641. The second-order valence-corrected chi connectivity index (χ2v) is 6.91. The van der Waals surface area contributed by atoms with Gasteiger partial charge in [-0.25, -0.2) is 9.59 Å². The quantitative estimate of drug-likeness (QED) is 0.838. The number of thioether (sulfide) groups is 1. The summed E-state index contributed by atoms with van der Waals surface area (Å²) in [6.45, 7) is 2.64. The van der Waals surface area contributed by atoms with Crippen LogP contribution in [-0.4, -0.2) is 52.1 Å². The molecule has 0 aromatic heterocycles. The topological polar surface area (TPSA) is 69.6 Å². The first-order valence-electron chi connectivity index (χ1n) is 7.49. The van der Waals surface area contributed by atoms with Crippen molar-refractivity contribution < 1.29 is 14.7 Å². The molecule has 0 spiro atoms. The number of carbonyl (C=O) groups is 2. The van der Waals surface area contributed by atoms with Crippen LogP contribution in [-0.2, 0) is 4.79 Å². The van der Waals surface area contributed by atoms with E-state index in [-0.39, 0.29) is 12.1 Å². The van der Waals surface area contributed by atoms with Crippen LogP contribution in [0.5, 0.6) is 0 Å². The maximum Gasteiger partial charge on any atom is 0.326 e. The number of nitrogens with one attached hydrogen (secondary N) is 1. The molecule has 2 heterocycles. The highest BCUT2D eigenvalue weighted by Crippen LogP contribution is 2.26. The molecule has 6 heteroatoms. The molecule has 0 saturated carbocycles. The molecule has 0 aromatic carbocycles. The number of rotatable bonds is 3. The van der Waals surface area contributed by atoms with Crippen LogP contribution in [0.4, 0.5) is 4.79 Å². The molecule has 0 aliphatic carbocycles. The largest absolute Gasteiger partial charge is 0.480 e. The first-order chi connectivity index (χ1) is 9.61. The fraction of sp³-hybridized carbons (Fsp3) is 0.857. The number of carbonyl (C=O) groups excluding carboxylic acids is 1. The van der Waals surface area contributed by atoms with Gasteiger partial charge >= 0.3 is 12.0 Å². The van der Waals surface area contributed by atoms with Gasteiger partial charge < -0.3 is 15.3 Å². The molecule has 0 aromatic rings. The van der Waals surface area contributed by atoms with Crippen LogP contribution in [0.3, 0.4) is 0 Å². The van der Waals surface area contributed by atoms with Gasteiger partial charge in [-0.05, 0) is 43.1 Å². The summed E-state index contributed by atoms with van der Waals surface area (Å²) < 4.78 is 0. The molecule has 2 saturated heterocycles. The number of hydrogen-bond acceptors (Lipinski definition) is 3. The Morgan fingerprint density at radius 2 is 2.00 bits per heavy atom. The van der Waals surface area contributed by atoms with Gasteiger partial charge in [-0.3, -0.25) is 0 Å². The van der Waals surface area contributed by atoms with E-state index < -0.39 is 12.0 Å². The molecule has 2 aliphatic rings. The first-order valence-corrected chi connectivity index (χ1v) is 8.65. The lowest BCUT2D eigenvalue weighted by molar-refractivity contribution is -0.144. The lowest BCUT2D eigenvalue weighted by atomic mass is 9.89. The van der Waals surface area contributed by atoms with Gasteiger partial charge in [0.2, 0.25) is 0 Å². The number of nitrogens with zero attached hydrogens (tertiary/aromatic N) is 1. The van der Waals surface area contributed by atoms with Crippen LogP contribution < -0.4 is 5.32 Å². The summed E-state index contributed by atoms with van der Waals surface area (Å²) in [5.74, 6) is 1.69. The Labute approximate surface area is 124 Å². The van der Waals surface area contributed by atoms with Gasteiger partial charge in [0.15, 0.2) is 0 Å². The zero-order valence-corrected chi connectivity index (χ0v) is 12.8. The van der Waals surface area contributed by atoms with E-state index in [1.165, 1.54) is 4.90 Å². The minimum absolute atomic E-state index is 0.191. The molecule has 2 aliphatic heterocycles. The highest BCUT2D eigenvalue weighted by Gasteiger charge is 2.36. The summed E-state index contributed by atoms with van der Waals surface area (Å²) in [7, 11) is 0. The molecular weight excluding hydrogens is 276 g/mol. The number of piperidine rings is 1. The summed E-state index contributed by atoms with van der Waals surface area (Å²) in [6.07, 6.45) is 4.45. The maximum absolute atomic E-state index is 12.3. The Balaban J connectivity index is 1.94. The number of carboxylic acid groups (broad SMARTS) is 1. The Morgan fingerprint density at radius 1 is 1.30 bits per heavy atom. The maximum atomic E-state index is 12.3. The van der Waals surface area contributed by atoms with E-state index in [1.807, 2.05) is 11.8 Å². The number of hydrogen-bond donors (Lipinski definition) is 2. The predicted molar refractivity (Wildman–Crippen MR) is 80.0 cm³/mol. The van der Waals surface area contributed by atoms with E-state index in [0.717, 1.165) is 37.2 Å². The third kappa shape index (κ3) is 3.81. The molecule has 5 nitrogen and oxygen atoms in total. The van der Waals surface area contributed by atoms with Crippen LogP contribution in [0.15, 0.2) is 0 Å². The van der Waals surface area contributed by atoms with E-state index in [9.17, 15) is 14.7 Å². The third-order valence-electron chi connectivity index (χ3n) is 4.38. The van der Waals surface area contributed by atoms with Gasteiger partial charge in [-0.15, -0.1) is 0 Å². The van der Waals surface area contributed by atoms with Crippen molar-refractivity contribution in [3.05, 3.63) is 0 Å². The lowest BCUT2D eigenvalue weighted by Gasteiger charge is -2.38. The van der Waals surface area contributed by atoms with Crippen molar-refractivity contribution in [2.75, 3.05) is 18.1 Å². The zero-order valence-electron chi connectivity index (χ0n) is 12.0. The van der Waals surface area contributed by atoms with E-state index in [4.69, 9.17) is 0 Å². The van der Waals surface area contributed by atoms with Gasteiger partial charge in [-0.1, -0.05) is 13.3 Å². The Kier molecular flexibility index (Phi) is 5.57. The highest BCUT2D eigenvalue weighted by atomic mass is 32.2. The molecule has 2 amide bonds. The van der Waals surface area contributed by atoms with Crippen molar-refractivity contribution in [3.63, 3.8) is 0 Å². The minimum atomic E-state index is -0.877.